The number of ether oxygens (including phenoxy) is 2. The van der Waals surface area contributed by atoms with Gasteiger partial charge in [-0.3, -0.25) is 9.69 Å². The molecule has 2 rings (SSSR count). The van der Waals surface area contributed by atoms with Crippen molar-refractivity contribution in [3.63, 3.8) is 0 Å². The zero-order valence-electron chi connectivity index (χ0n) is 23.5. The first-order valence-corrected chi connectivity index (χ1v) is 12.8. The van der Waals surface area contributed by atoms with Crippen LogP contribution in [0.4, 0.5) is 22.2 Å². The highest BCUT2D eigenvalue weighted by atomic mass is 16.6. The fourth-order valence-electron chi connectivity index (χ4n) is 3.06. The summed E-state index contributed by atoms with van der Waals surface area (Å²) in [5.41, 5.74) is 0.892. The Labute approximate surface area is 225 Å². The molecule has 0 radical (unpaired) electrons. The van der Waals surface area contributed by atoms with Gasteiger partial charge in [0.25, 0.3) is 0 Å². The quantitative estimate of drug-likeness (QED) is 0.289. The summed E-state index contributed by atoms with van der Waals surface area (Å²) in [6.07, 6.45) is 3.33. The van der Waals surface area contributed by atoms with E-state index in [0.717, 1.165) is 24.4 Å². The molecule has 0 saturated carbocycles. The van der Waals surface area contributed by atoms with E-state index in [1.807, 2.05) is 24.3 Å². The number of nitrogens with zero attached hydrogens (tertiary/aromatic N) is 3. The van der Waals surface area contributed by atoms with Crippen LogP contribution in [0, 0.1) is 11.8 Å². The summed E-state index contributed by atoms with van der Waals surface area (Å²) in [6, 6.07) is 6.89. The van der Waals surface area contributed by atoms with Crippen LogP contribution < -0.4 is 20.7 Å². The van der Waals surface area contributed by atoms with Gasteiger partial charge >= 0.3 is 6.09 Å². The fraction of sp³-hybridized carbons (Fsp3) is 0.500. The maximum atomic E-state index is 12.4. The first-order valence-electron chi connectivity index (χ1n) is 12.8. The highest BCUT2D eigenvalue weighted by Crippen LogP contribution is 2.22. The van der Waals surface area contributed by atoms with Crippen LogP contribution in [0.15, 0.2) is 30.5 Å². The first kappa shape index (κ1) is 30.2. The third-order valence-electron chi connectivity index (χ3n) is 5.32. The Bertz CT molecular complexity index is 1120. The maximum absolute atomic E-state index is 12.4. The smallest absolute Gasteiger partial charge is 0.410 e. The molecule has 206 valence electrons. The van der Waals surface area contributed by atoms with Gasteiger partial charge in [-0.25, -0.2) is 9.78 Å². The number of hydrogen-bond donors (Lipinski definition) is 3. The van der Waals surface area contributed by atoms with Crippen LogP contribution in [0.25, 0.3) is 0 Å². The molecule has 2 aromatic rings. The van der Waals surface area contributed by atoms with Crippen molar-refractivity contribution in [1.29, 1.82) is 0 Å². The van der Waals surface area contributed by atoms with Crippen molar-refractivity contribution in [1.82, 2.24) is 20.2 Å². The van der Waals surface area contributed by atoms with Crippen molar-refractivity contribution in [3.8, 4) is 17.6 Å². The van der Waals surface area contributed by atoms with Gasteiger partial charge in [0.2, 0.25) is 11.9 Å². The highest BCUT2D eigenvalue weighted by Gasteiger charge is 2.26. The minimum atomic E-state index is -0.653. The number of amides is 2. The zero-order chi connectivity index (χ0) is 28.1. The van der Waals surface area contributed by atoms with Crippen LogP contribution in [0.5, 0.6) is 5.75 Å². The molecule has 0 spiro atoms. The third-order valence-corrected chi connectivity index (χ3v) is 5.32. The number of carbonyl (C=O) groups is 2. The lowest BCUT2D eigenvalue weighted by Crippen LogP contribution is -2.47. The molecule has 0 bridgehead atoms. The first-order chi connectivity index (χ1) is 18.0. The van der Waals surface area contributed by atoms with Gasteiger partial charge in [0, 0.05) is 32.2 Å². The number of carbonyl (C=O) groups excluding carboxylic acids is 2. The molecule has 3 N–H and O–H groups in total. The summed E-state index contributed by atoms with van der Waals surface area (Å²) in [5.74, 6) is 7.91. The molecule has 0 aliphatic rings. The summed E-state index contributed by atoms with van der Waals surface area (Å²) < 4.78 is 10.5. The van der Waals surface area contributed by atoms with Gasteiger partial charge in [-0.2, -0.15) is 4.98 Å². The number of benzene rings is 1. The summed E-state index contributed by atoms with van der Waals surface area (Å²) in [7, 11) is 3.17. The molecule has 0 unspecified atom stereocenters. The Morgan fingerprint density at radius 2 is 1.87 bits per heavy atom. The summed E-state index contributed by atoms with van der Waals surface area (Å²) in [4.78, 5) is 34.9. The molecule has 2 amide bonds. The molecular formula is C28H40N6O4. The summed E-state index contributed by atoms with van der Waals surface area (Å²) >= 11 is 0. The van der Waals surface area contributed by atoms with Crippen molar-refractivity contribution in [2.24, 2.45) is 0 Å². The average molecular weight is 525 g/mol. The molecule has 10 heteroatoms. The van der Waals surface area contributed by atoms with Gasteiger partial charge in [-0.1, -0.05) is 18.8 Å². The highest BCUT2D eigenvalue weighted by molar-refractivity contribution is 5.85. The van der Waals surface area contributed by atoms with Crippen molar-refractivity contribution >= 4 is 29.5 Å². The van der Waals surface area contributed by atoms with E-state index in [1.165, 1.54) is 4.90 Å². The predicted molar refractivity (Wildman–Crippen MR) is 150 cm³/mol. The second kappa shape index (κ2) is 14.7. The van der Waals surface area contributed by atoms with E-state index in [4.69, 9.17) is 9.47 Å². The average Bonchev–Trinajstić information content (AvgIpc) is 2.88. The minimum Gasteiger partial charge on any atom is -0.497 e. The number of methoxy groups -OCH3 is 1. The third kappa shape index (κ3) is 10.2. The number of rotatable bonds is 11. The summed E-state index contributed by atoms with van der Waals surface area (Å²) in [6.45, 7) is 10.3. The molecule has 1 heterocycles. The molecule has 10 nitrogen and oxygen atoms in total. The number of nitrogens with one attached hydrogen (secondary N) is 3. The van der Waals surface area contributed by atoms with Crippen molar-refractivity contribution in [3.05, 3.63) is 36.0 Å². The largest absolute Gasteiger partial charge is 0.497 e. The molecule has 1 aromatic heterocycles. The number of likely N-dealkylation sites (N-methyl/N-ethyl adjacent to an activating group) is 1. The Morgan fingerprint density at radius 1 is 1.16 bits per heavy atom. The van der Waals surface area contributed by atoms with Gasteiger partial charge in [-0.05, 0) is 64.8 Å². The Hall–Kier alpha value is -4.00. The van der Waals surface area contributed by atoms with Crippen LogP contribution >= 0.6 is 0 Å². The zero-order valence-corrected chi connectivity index (χ0v) is 23.5. The van der Waals surface area contributed by atoms with E-state index < -0.39 is 17.7 Å². The molecular weight excluding hydrogens is 484 g/mol. The molecule has 1 atom stereocenters. The van der Waals surface area contributed by atoms with Gasteiger partial charge < -0.3 is 25.4 Å². The van der Waals surface area contributed by atoms with Crippen LogP contribution in [0.2, 0.25) is 0 Å². The predicted octanol–water partition coefficient (Wildman–Crippen LogP) is 4.55. The molecule has 0 aliphatic heterocycles. The van der Waals surface area contributed by atoms with Crippen LogP contribution in [-0.4, -0.2) is 65.8 Å². The fourth-order valence-corrected chi connectivity index (χ4v) is 3.06. The summed E-state index contributed by atoms with van der Waals surface area (Å²) in [5, 5.41) is 9.35. The van der Waals surface area contributed by atoms with Gasteiger partial charge in [-0.15, -0.1) is 0 Å². The van der Waals surface area contributed by atoms with Crippen LogP contribution in [0.1, 0.15) is 59.4 Å². The van der Waals surface area contributed by atoms with E-state index >= 15 is 0 Å². The van der Waals surface area contributed by atoms with E-state index in [1.54, 1.807) is 48.0 Å². The van der Waals surface area contributed by atoms with Gasteiger partial charge in [0.1, 0.15) is 17.4 Å². The maximum Gasteiger partial charge on any atom is 0.410 e. The van der Waals surface area contributed by atoms with Crippen molar-refractivity contribution in [2.75, 3.05) is 37.9 Å². The molecule has 38 heavy (non-hydrogen) atoms. The van der Waals surface area contributed by atoms with E-state index in [0.29, 0.717) is 36.7 Å². The SMILES string of the molecule is CCCNc1ncc(C#CCCCNC(=O)[C@H](C)N(C)C(=O)OC(C)(C)C)c(Nc2ccc(OC)cc2)n1. The molecule has 0 aliphatic carbocycles. The van der Waals surface area contributed by atoms with Crippen LogP contribution in [0.3, 0.4) is 0 Å². The lowest BCUT2D eigenvalue weighted by molar-refractivity contribution is -0.125. The number of anilines is 3. The Balaban J connectivity index is 1.94. The number of hydrogen-bond acceptors (Lipinski definition) is 8. The molecule has 0 fully saturated rings. The monoisotopic (exact) mass is 524 g/mol. The Morgan fingerprint density at radius 3 is 2.50 bits per heavy atom. The minimum absolute atomic E-state index is 0.249. The van der Waals surface area contributed by atoms with Gasteiger partial charge in [0.05, 0.1) is 18.9 Å². The topological polar surface area (TPSA) is 118 Å². The number of unbranched alkanes of at least 4 members (excludes halogenated alkanes) is 1. The second-order valence-corrected chi connectivity index (χ2v) is 9.70. The normalized spacial score (nSPS) is 11.4. The number of aromatic nitrogens is 2. The standard InChI is InChI=1S/C28H40N6O4/c1-8-17-30-26-31-19-21(24(33-26)32-22-13-15-23(37-7)16-14-22)12-10-9-11-18-29-25(35)20(2)34(6)27(36)38-28(3,4)5/h13-16,19-20H,8-9,11,17-18H2,1-7H3,(H,29,35)(H2,30,31,32,33)/t20-/m0/s1. The van der Waals surface area contributed by atoms with Crippen LogP contribution in [-0.2, 0) is 9.53 Å². The Kier molecular flexibility index (Phi) is 11.7. The second-order valence-electron chi connectivity index (χ2n) is 9.70. The molecule has 0 saturated heterocycles. The lowest BCUT2D eigenvalue weighted by atomic mass is 10.2. The van der Waals surface area contributed by atoms with E-state index in [9.17, 15) is 9.59 Å². The van der Waals surface area contributed by atoms with Crippen molar-refractivity contribution < 1.29 is 19.1 Å². The van der Waals surface area contributed by atoms with E-state index in [-0.39, 0.29) is 5.91 Å². The molecule has 1 aromatic carbocycles. The van der Waals surface area contributed by atoms with E-state index in [2.05, 4.69) is 44.7 Å². The van der Waals surface area contributed by atoms with Crippen molar-refractivity contribution in [2.45, 2.75) is 65.5 Å². The van der Waals surface area contributed by atoms with Gasteiger partial charge in [0.15, 0.2) is 5.82 Å². The lowest BCUT2D eigenvalue weighted by Gasteiger charge is -2.28.